The van der Waals surface area contributed by atoms with Crippen LogP contribution < -0.4 is 25.5 Å². The van der Waals surface area contributed by atoms with Crippen molar-refractivity contribution in [2.75, 3.05) is 9.80 Å². The van der Waals surface area contributed by atoms with E-state index in [0.29, 0.717) is 5.56 Å². The molecule has 9 aromatic rings. The van der Waals surface area contributed by atoms with Crippen molar-refractivity contribution in [1.29, 1.82) is 0 Å². The van der Waals surface area contributed by atoms with Crippen molar-refractivity contribution in [3.05, 3.63) is 197 Å². The molecule has 2 aliphatic carbocycles. The number of benzene rings is 8. The summed E-state index contributed by atoms with van der Waals surface area (Å²) in [6.07, 6.45) is 5.89. The second kappa shape index (κ2) is 17.2. The van der Waals surface area contributed by atoms with E-state index in [2.05, 4.69) is 200 Å². The Labute approximate surface area is 470 Å². The van der Waals surface area contributed by atoms with E-state index < -0.39 is 26.0 Å². The summed E-state index contributed by atoms with van der Waals surface area (Å²) in [5.41, 5.74) is 18.6. The zero-order chi connectivity index (χ0) is 60.3. The van der Waals surface area contributed by atoms with Crippen LogP contribution in [-0.4, -0.2) is 6.71 Å². The predicted octanol–water partition coefficient (Wildman–Crippen LogP) is 18.7. The smallest absolute Gasteiger partial charge is 0.264 e. The summed E-state index contributed by atoms with van der Waals surface area (Å²) in [5.74, 6) is 0. The number of anilines is 6. The van der Waals surface area contributed by atoms with Gasteiger partial charge in [0.15, 0.2) is 0 Å². The molecular weight excluding hydrogens is 936 g/mol. The standard InChI is InChI=1S/C72H73BN2S/c1-68(2,3)49-28-24-46(25-29-49)47-26-33-53(34-27-47)74-60-44-52(71(10,11)12)31-36-58(60)73-65-61(74)40-48(45-20-15-13-16-21-45)41-62(65)75(66-55-42-50(69(4,5)6)32-37-63(55)76-67(66)73)59-23-19-22-56-64(59)54-35-30-51(70(7,8)9)43-57(54)72(56)38-17-14-18-39-72/h13,15-16,19-37,40-44H,14,17-18,38-39H2,1-12H3/i1D3,2D3,3D3. The van der Waals surface area contributed by atoms with Gasteiger partial charge >= 0.3 is 0 Å². The molecule has 1 aromatic heterocycles. The average molecular weight is 1020 g/mol. The van der Waals surface area contributed by atoms with E-state index >= 15 is 0 Å². The molecule has 8 aromatic carbocycles. The molecule has 380 valence electrons. The van der Waals surface area contributed by atoms with E-state index in [0.717, 1.165) is 52.3 Å². The number of nitrogens with zero attached hydrogens (tertiary/aromatic N) is 2. The third-order valence-corrected chi connectivity index (χ3v) is 18.7. The maximum absolute atomic E-state index is 8.35. The van der Waals surface area contributed by atoms with Crippen LogP contribution in [0, 0.1) is 0 Å². The van der Waals surface area contributed by atoms with Crippen molar-refractivity contribution in [2.24, 2.45) is 0 Å². The lowest BCUT2D eigenvalue weighted by molar-refractivity contribution is 0.352. The highest BCUT2D eigenvalue weighted by Gasteiger charge is 2.49. The quantitative estimate of drug-likeness (QED) is 0.162. The number of thiophene rings is 1. The highest BCUT2D eigenvalue weighted by atomic mass is 32.1. The Morgan fingerprint density at radius 3 is 1.74 bits per heavy atom. The summed E-state index contributed by atoms with van der Waals surface area (Å²) < 4.78 is 77.7. The van der Waals surface area contributed by atoms with Gasteiger partial charge in [0, 0.05) is 60.9 Å². The normalized spacial score (nSPS) is 17.9. The fourth-order valence-electron chi connectivity index (χ4n) is 13.3. The van der Waals surface area contributed by atoms with Crippen molar-refractivity contribution in [2.45, 2.75) is 142 Å². The van der Waals surface area contributed by atoms with Gasteiger partial charge in [0.05, 0.1) is 11.4 Å². The summed E-state index contributed by atoms with van der Waals surface area (Å²) >= 11 is 1.92. The maximum atomic E-state index is 8.35. The molecule has 4 aliphatic rings. The highest BCUT2D eigenvalue weighted by Crippen LogP contribution is 2.61. The van der Waals surface area contributed by atoms with Crippen molar-refractivity contribution in [3.63, 3.8) is 0 Å². The van der Waals surface area contributed by atoms with E-state index in [1.807, 2.05) is 23.5 Å². The molecule has 0 atom stereocenters. The van der Waals surface area contributed by atoms with Gasteiger partial charge < -0.3 is 9.80 Å². The van der Waals surface area contributed by atoms with Gasteiger partial charge in [0.1, 0.15) is 0 Å². The van der Waals surface area contributed by atoms with Gasteiger partial charge in [-0.25, -0.2) is 0 Å². The molecule has 0 amide bonds. The minimum atomic E-state index is -3.35. The topological polar surface area (TPSA) is 6.48 Å². The number of hydrogen-bond acceptors (Lipinski definition) is 3. The molecule has 76 heavy (non-hydrogen) atoms. The molecule has 1 spiro atoms. The number of rotatable bonds is 4. The average Bonchev–Trinajstić information content (AvgIpc) is 1.71. The lowest BCUT2D eigenvalue weighted by atomic mass is 9.36. The maximum Gasteiger partial charge on any atom is 0.264 e. The van der Waals surface area contributed by atoms with Crippen molar-refractivity contribution in [3.8, 4) is 33.4 Å². The van der Waals surface area contributed by atoms with Gasteiger partial charge in [-0.15, -0.1) is 11.3 Å². The van der Waals surface area contributed by atoms with Gasteiger partial charge in [-0.05, 0) is 155 Å². The van der Waals surface area contributed by atoms with Crippen LogP contribution in [0.25, 0.3) is 43.5 Å². The van der Waals surface area contributed by atoms with Crippen LogP contribution in [0.3, 0.4) is 0 Å². The Morgan fingerprint density at radius 2 is 1.07 bits per heavy atom. The lowest BCUT2D eigenvalue weighted by Crippen LogP contribution is -2.60. The van der Waals surface area contributed by atoms with Crippen LogP contribution in [0.1, 0.15) is 161 Å². The monoisotopic (exact) mass is 1020 g/mol. The second-order valence-electron chi connectivity index (χ2n) is 25.4. The van der Waals surface area contributed by atoms with Crippen LogP contribution in [0.15, 0.2) is 164 Å². The van der Waals surface area contributed by atoms with E-state index in [4.69, 9.17) is 12.3 Å². The molecule has 4 heteroatoms. The van der Waals surface area contributed by atoms with E-state index in [-0.39, 0.29) is 33.9 Å². The minimum absolute atomic E-state index is 0.0131. The Balaban J connectivity index is 1.08. The first-order valence-electron chi connectivity index (χ1n) is 32.0. The van der Waals surface area contributed by atoms with Crippen molar-refractivity contribution >= 4 is 78.0 Å². The van der Waals surface area contributed by atoms with Crippen LogP contribution in [0.5, 0.6) is 0 Å². The molecule has 1 saturated carbocycles. The van der Waals surface area contributed by atoms with Crippen LogP contribution in [0.2, 0.25) is 0 Å². The SMILES string of the molecule is [2H]C([2H])([2H])C(c1ccc(-c2ccc(N3c4cc(C(C)(C)C)ccc4B4c5sc6ccc(C(C)(C)C)cc6c5N(c5cccc6c5-c5ccc(C(C)(C)C)cc5C65CCCCC5)c5cc(-c6ccccc6)cc3c54)cc2)cc1)(C([2H])([2H])[2H])C([2H])([2H])[2H]. The summed E-state index contributed by atoms with van der Waals surface area (Å²) in [6.45, 7) is 10.6. The third kappa shape index (κ3) is 7.70. The van der Waals surface area contributed by atoms with Gasteiger partial charge in [-0.3, -0.25) is 0 Å². The van der Waals surface area contributed by atoms with Crippen molar-refractivity contribution < 1.29 is 12.3 Å². The van der Waals surface area contributed by atoms with E-state index in [1.165, 1.54) is 108 Å². The molecule has 2 nitrogen and oxygen atoms in total. The van der Waals surface area contributed by atoms with Gasteiger partial charge in [-0.1, -0.05) is 217 Å². The second-order valence-corrected chi connectivity index (χ2v) is 26.5. The van der Waals surface area contributed by atoms with Gasteiger partial charge in [-0.2, -0.15) is 0 Å². The van der Waals surface area contributed by atoms with Gasteiger partial charge in [0.25, 0.3) is 6.71 Å². The zero-order valence-corrected chi connectivity index (χ0v) is 46.3. The summed E-state index contributed by atoms with van der Waals surface area (Å²) in [7, 11) is 0. The van der Waals surface area contributed by atoms with E-state index in [1.54, 1.807) is 12.1 Å². The number of hydrogen-bond donors (Lipinski definition) is 0. The van der Waals surface area contributed by atoms with Crippen LogP contribution in [-0.2, 0) is 27.1 Å². The first-order valence-corrected chi connectivity index (χ1v) is 28.3. The molecule has 1 fully saturated rings. The molecule has 13 rings (SSSR count). The fourth-order valence-corrected chi connectivity index (χ4v) is 14.6. The Kier molecular flexibility index (Phi) is 8.99. The van der Waals surface area contributed by atoms with Gasteiger partial charge in [0.2, 0.25) is 0 Å². The van der Waals surface area contributed by atoms with Crippen LogP contribution >= 0.6 is 11.3 Å². The molecule has 0 unspecified atom stereocenters. The third-order valence-electron chi connectivity index (χ3n) is 17.5. The molecular formula is C72H73BN2S. The Bertz CT molecular complexity index is 4090. The molecule has 3 heterocycles. The summed E-state index contributed by atoms with van der Waals surface area (Å²) in [5, 5.41) is 1.26. The van der Waals surface area contributed by atoms with Crippen molar-refractivity contribution in [1.82, 2.24) is 0 Å². The first-order chi connectivity index (χ1) is 39.9. The molecule has 2 aliphatic heterocycles. The zero-order valence-electron chi connectivity index (χ0n) is 54.5. The summed E-state index contributed by atoms with van der Waals surface area (Å²) in [6, 6.07) is 58.9. The lowest BCUT2D eigenvalue weighted by Gasteiger charge is -2.44. The largest absolute Gasteiger partial charge is 0.311 e. The Hall–Kier alpha value is -6.62. The summed E-state index contributed by atoms with van der Waals surface area (Å²) in [4.78, 5) is 5.14. The van der Waals surface area contributed by atoms with Crippen LogP contribution in [0.4, 0.5) is 34.1 Å². The molecule has 0 bridgehead atoms. The first kappa shape index (κ1) is 39.7. The van der Waals surface area contributed by atoms with E-state index in [9.17, 15) is 0 Å². The fraction of sp³-hybridized carbons (Fsp3) is 0.306. The number of fused-ring (bicyclic) bond motifs is 11. The molecule has 0 saturated heterocycles. The minimum Gasteiger partial charge on any atom is -0.311 e. The Morgan fingerprint density at radius 1 is 0.474 bits per heavy atom. The predicted molar refractivity (Wildman–Crippen MR) is 331 cm³/mol. The highest BCUT2D eigenvalue weighted by molar-refractivity contribution is 7.33. The molecule has 0 N–H and O–H groups in total. The molecule has 0 radical (unpaired) electrons.